The molecule has 0 spiro atoms. The van der Waals surface area contributed by atoms with Crippen molar-refractivity contribution in [3.8, 4) is 5.75 Å². The van der Waals surface area contributed by atoms with E-state index in [1.54, 1.807) is 26.8 Å². The maximum absolute atomic E-state index is 13.0. The predicted molar refractivity (Wildman–Crippen MR) is 106 cm³/mol. The molecule has 1 aromatic rings. The van der Waals surface area contributed by atoms with E-state index in [9.17, 15) is 18.0 Å². The summed E-state index contributed by atoms with van der Waals surface area (Å²) in [5.41, 5.74) is 0.519. The number of rotatable bonds is 8. The van der Waals surface area contributed by atoms with E-state index in [2.05, 4.69) is 10.4 Å². The lowest BCUT2D eigenvalue weighted by atomic mass is 10.1. The van der Waals surface area contributed by atoms with Crippen LogP contribution in [0.5, 0.6) is 5.75 Å². The van der Waals surface area contributed by atoms with Crippen molar-refractivity contribution in [2.75, 3.05) is 32.1 Å². The second-order valence-electron chi connectivity index (χ2n) is 6.10. The van der Waals surface area contributed by atoms with Crippen LogP contribution < -0.4 is 10.1 Å². The number of sulfonamides is 1. The summed E-state index contributed by atoms with van der Waals surface area (Å²) in [6.45, 7) is 6.22. The topological polar surface area (TPSA) is 108 Å². The summed E-state index contributed by atoms with van der Waals surface area (Å²) in [5.74, 6) is -0.410. The van der Waals surface area contributed by atoms with Crippen LogP contribution in [-0.4, -0.2) is 62.0 Å². The Kier molecular flexibility index (Phi) is 7.14. The average molecular weight is 410 g/mol. The minimum absolute atomic E-state index is 0.00581. The number of nitrogens with one attached hydrogen (secondary N) is 1. The van der Waals surface area contributed by atoms with Gasteiger partial charge in [0, 0.05) is 38.7 Å². The molecular formula is C18H26N4O5S. The van der Waals surface area contributed by atoms with E-state index < -0.39 is 15.9 Å². The number of carbonyl (C=O) groups is 2. The van der Waals surface area contributed by atoms with Gasteiger partial charge >= 0.3 is 0 Å². The third kappa shape index (κ3) is 4.68. The van der Waals surface area contributed by atoms with E-state index in [0.717, 1.165) is 5.01 Å². The van der Waals surface area contributed by atoms with Crippen LogP contribution in [-0.2, 0) is 19.6 Å². The highest BCUT2D eigenvalue weighted by Gasteiger charge is 2.27. The van der Waals surface area contributed by atoms with Gasteiger partial charge in [-0.1, -0.05) is 13.8 Å². The molecule has 0 saturated heterocycles. The lowest BCUT2D eigenvalue weighted by molar-refractivity contribution is -0.130. The van der Waals surface area contributed by atoms with Crippen molar-refractivity contribution in [1.82, 2.24) is 9.31 Å². The fourth-order valence-electron chi connectivity index (χ4n) is 2.80. The molecule has 0 bridgehead atoms. The zero-order valence-electron chi connectivity index (χ0n) is 16.6. The van der Waals surface area contributed by atoms with Crippen molar-refractivity contribution in [2.45, 2.75) is 38.5 Å². The van der Waals surface area contributed by atoms with Gasteiger partial charge in [-0.25, -0.2) is 13.4 Å². The molecule has 0 fully saturated rings. The third-order valence-electron chi connectivity index (χ3n) is 4.29. The Bertz CT molecular complexity index is 878. The molecular weight excluding hydrogens is 384 g/mol. The molecule has 0 aliphatic carbocycles. The number of hydrazone groups is 1. The first-order valence-electron chi connectivity index (χ1n) is 9.16. The molecule has 1 aliphatic heterocycles. The van der Waals surface area contributed by atoms with Gasteiger partial charge in [0.05, 0.1) is 6.61 Å². The first-order chi connectivity index (χ1) is 13.2. The van der Waals surface area contributed by atoms with Gasteiger partial charge in [-0.05, 0) is 25.1 Å². The second-order valence-corrected chi connectivity index (χ2v) is 8.01. The SMILES string of the molecule is CCOc1ccc(NC(=O)C2=NN(C)C(=O)CC2)cc1S(=O)(=O)N(CC)CC. The van der Waals surface area contributed by atoms with E-state index in [1.165, 1.54) is 23.5 Å². The Hall–Kier alpha value is -2.46. The van der Waals surface area contributed by atoms with Crippen LogP contribution in [0, 0.1) is 0 Å². The van der Waals surface area contributed by atoms with E-state index >= 15 is 0 Å². The fourth-order valence-corrected chi connectivity index (χ4v) is 4.42. The van der Waals surface area contributed by atoms with Gasteiger partial charge in [0.1, 0.15) is 16.4 Å². The molecule has 0 unspecified atom stereocenters. The minimum atomic E-state index is -3.78. The number of carbonyl (C=O) groups excluding carboxylic acids is 2. The maximum Gasteiger partial charge on any atom is 0.271 e. The first-order valence-corrected chi connectivity index (χ1v) is 10.6. The van der Waals surface area contributed by atoms with Crippen LogP contribution >= 0.6 is 0 Å². The fraction of sp³-hybridized carbons (Fsp3) is 0.500. The summed E-state index contributed by atoms with van der Waals surface area (Å²) >= 11 is 0. The first kappa shape index (κ1) is 21.8. The van der Waals surface area contributed by atoms with Crippen LogP contribution in [0.4, 0.5) is 5.69 Å². The standard InChI is InChI=1S/C18H26N4O5S/c1-5-22(6-2)28(25,26)16-12-13(8-10-15(16)27-7-3)19-18(24)14-9-11-17(23)21(4)20-14/h8,10,12H,5-7,9,11H2,1-4H3,(H,19,24). The van der Waals surface area contributed by atoms with Gasteiger partial charge < -0.3 is 10.1 Å². The molecule has 1 heterocycles. The maximum atomic E-state index is 13.0. The Labute approximate surface area is 165 Å². The molecule has 154 valence electrons. The Balaban J connectivity index is 2.36. The summed E-state index contributed by atoms with van der Waals surface area (Å²) in [6.07, 6.45) is 0.435. The monoisotopic (exact) mass is 410 g/mol. The van der Waals surface area contributed by atoms with Gasteiger partial charge in [0.15, 0.2) is 0 Å². The number of ether oxygens (including phenoxy) is 1. The molecule has 2 rings (SSSR count). The third-order valence-corrected chi connectivity index (χ3v) is 6.37. The molecule has 10 heteroatoms. The van der Waals surface area contributed by atoms with Crippen molar-refractivity contribution in [1.29, 1.82) is 0 Å². The van der Waals surface area contributed by atoms with Crippen molar-refractivity contribution < 1.29 is 22.7 Å². The summed E-state index contributed by atoms with van der Waals surface area (Å²) in [6, 6.07) is 4.48. The van der Waals surface area contributed by atoms with Crippen molar-refractivity contribution in [3.05, 3.63) is 18.2 Å². The van der Waals surface area contributed by atoms with Gasteiger partial charge in [-0.2, -0.15) is 9.41 Å². The van der Waals surface area contributed by atoms with E-state index in [1.807, 2.05) is 0 Å². The van der Waals surface area contributed by atoms with Crippen LogP contribution in [0.3, 0.4) is 0 Å². The highest BCUT2D eigenvalue weighted by molar-refractivity contribution is 7.89. The highest BCUT2D eigenvalue weighted by Crippen LogP contribution is 2.30. The zero-order chi connectivity index (χ0) is 20.9. The zero-order valence-corrected chi connectivity index (χ0v) is 17.4. The number of nitrogens with zero attached hydrogens (tertiary/aromatic N) is 3. The van der Waals surface area contributed by atoms with Crippen molar-refractivity contribution in [3.63, 3.8) is 0 Å². The van der Waals surface area contributed by atoms with Crippen LogP contribution in [0.25, 0.3) is 0 Å². The van der Waals surface area contributed by atoms with E-state index in [-0.39, 0.29) is 35.1 Å². The quantitative estimate of drug-likeness (QED) is 0.701. The van der Waals surface area contributed by atoms with Gasteiger partial charge in [-0.15, -0.1) is 0 Å². The molecule has 1 N–H and O–H groups in total. The van der Waals surface area contributed by atoms with Crippen LogP contribution in [0.1, 0.15) is 33.6 Å². The molecule has 0 radical (unpaired) electrons. The van der Waals surface area contributed by atoms with Crippen molar-refractivity contribution in [2.24, 2.45) is 5.10 Å². The van der Waals surface area contributed by atoms with Gasteiger partial charge in [0.2, 0.25) is 15.9 Å². The molecule has 28 heavy (non-hydrogen) atoms. The second kappa shape index (κ2) is 9.16. The molecule has 1 aromatic carbocycles. The number of benzene rings is 1. The largest absolute Gasteiger partial charge is 0.492 e. The van der Waals surface area contributed by atoms with Crippen molar-refractivity contribution >= 4 is 33.2 Å². The molecule has 9 nitrogen and oxygen atoms in total. The number of hydrogen-bond acceptors (Lipinski definition) is 6. The molecule has 0 atom stereocenters. The molecule has 0 saturated carbocycles. The van der Waals surface area contributed by atoms with E-state index in [4.69, 9.17) is 4.74 Å². The summed E-state index contributed by atoms with van der Waals surface area (Å²) in [4.78, 5) is 24.0. The minimum Gasteiger partial charge on any atom is -0.492 e. The molecule has 2 amide bonds. The van der Waals surface area contributed by atoms with Crippen LogP contribution in [0.2, 0.25) is 0 Å². The number of anilines is 1. The van der Waals surface area contributed by atoms with Gasteiger partial charge in [-0.3, -0.25) is 9.59 Å². The Morgan fingerprint density at radius 2 is 1.93 bits per heavy atom. The smallest absolute Gasteiger partial charge is 0.271 e. The Morgan fingerprint density at radius 1 is 1.25 bits per heavy atom. The molecule has 1 aliphatic rings. The predicted octanol–water partition coefficient (Wildman–Crippen LogP) is 1.66. The lowest BCUT2D eigenvalue weighted by Gasteiger charge is -2.21. The summed E-state index contributed by atoms with van der Waals surface area (Å²) in [7, 11) is -2.29. The highest BCUT2D eigenvalue weighted by atomic mass is 32.2. The number of amides is 2. The number of hydrogen-bond donors (Lipinski definition) is 1. The van der Waals surface area contributed by atoms with Gasteiger partial charge in [0.25, 0.3) is 5.91 Å². The Morgan fingerprint density at radius 3 is 2.50 bits per heavy atom. The average Bonchev–Trinajstić information content (AvgIpc) is 2.66. The molecule has 0 aromatic heterocycles. The van der Waals surface area contributed by atoms with Crippen LogP contribution in [0.15, 0.2) is 28.2 Å². The van der Waals surface area contributed by atoms with E-state index in [0.29, 0.717) is 25.4 Å². The summed E-state index contributed by atoms with van der Waals surface area (Å²) in [5, 5.41) is 7.76. The normalized spacial score (nSPS) is 14.8. The lowest BCUT2D eigenvalue weighted by Crippen LogP contribution is -2.34. The summed E-state index contributed by atoms with van der Waals surface area (Å²) < 4.78 is 32.7.